The van der Waals surface area contributed by atoms with Gasteiger partial charge in [-0.05, 0) is 56.6 Å². The quantitative estimate of drug-likeness (QED) is 0.718. The zero-order valence-corrected chi connectivity index (χ0v) is 18.9. The summed E-state index contributed by atoms with van der Waals surface area (Å²) in [6.45, 7) is 0.809. The van der Waals surface area contributed by atoms with Gasteiger partial charge in [-0.2, -0.15) is 4.98 Å². The summed E-state index contributed by atoms with van der Waals surface area (Å²) in [5.41, 5.74) is 6.71. The van der Waals surface area contributed by atoms with Crippen molar-refractivity contribution in [2.24, 2.45) is 11.7 Å². The molecule has 0 saturated heterocycles. The zero-order chi connectivity index (χ0) is 21.8. The Balaban J connectivity index is 1.36. The molecular formula is C24H36N6O. The highest BCUT2D eigenvalue weighted by molar-refractivity contribution is 5.90. The van der Waals surface area contributed by atoms with Crippen LogP contribution in [0.5, 0.6) is 0 Å². The Labute approximate surface area is 185 Å². The van der Waals surface area contributed by atoms with Crippen LogP contribution in [-0.4, -0.2) is 53.6 Å². The molecule has 31 heavy (non-hydrogen) atoms. The fourth-order valence-corrected chi connectivity index (χ4v) is 5.23. The first-order valence-corrected chi connectivity index (χ1v) is 11.8. The van der Waals surface area contributed by atoms with Crippen LogP contribution in [0.2, 0.25) is 0 Å². The third kappa shape index (κ3) is 5.20. The third-order valence-electron chi connectivity index (χ3n) is 6.94. The monoisotopic (exact) mass is 424 g/mol. The highest BCUT2D eigenvalue weighted by Crippen LogP contribution is 2.30. The molecule has 2 fully saturated rings. The van der Waals surface area contributed by atoms with Gasteiger partial charge in [0, 0.05) is 38.1 Å². The van der Waals surface area contributed by atoms with Crippen molar-refractivity contribution in [1.82, 2.24) is 14.9 Å². The Kier molecular flexibility index (Phi) is 6.78. The Morgan fingerprint density at radius 1 is 1.03 bits per heavy atom. The van der Waals surface area contributed by atoms with Crippen LogP contribution in [0.25, 0.3) is 10.9 Å². The maximum Gasteiger partial charge on any atom is 0.315 e. The number of nitrogens with zero attached hydrogens (tertiary/aromatic N) is 4. The minimum Gasteiger partial charge on any atom is -0.362 e. The maximum atomic E-state index is 12.1. The van der Waals surface area contributed by atoms with Crippen molar-refractivity contribution in [1.29, 1.82) is 0 Å². The van der Waals surface area contributed by atoms with Gasteiger partial charge in [-0.25, -0.2) is 9.78 Å². The number of anilines is 2. The number of fused-ring (bicyclic) bond motifs is 1. The SMILES string of the molecule is CN(C)c1nc(NC2CCC(CN(C(N)=O)C3CCCCC3)CC2)nc2ccccc12. The van der Waals surface area contributed by atoms with Crippen LogP contribution in [0.1, 0.15) is 57.8 Å². The molecule has 2 aliphatic carbocycles. The number of hydrogen-bond acceptors (Lipinski definition) is 5. The summed E-state index contributed by atoms with van der Waals surface area (Å²) in [5.74, 6) is 2.17. The number of primary amides is 1. The minimum absolute atomic E-state index is 0.243. The number of para-hydroxylation sites is 1. The average Bonchev–Trinajstić information content (AvgIpc) is 2.78. The summed E-state index contributed by atoms with van der Waals surface area (Å²) in [6.07, 6.45) is 10.2. The van der Waals surface area contributed by atoms with Gasteiger partial charge in [-0.3, -0.25) is 0 Å². The molecule has 2 aliphatic rings. The van der Waals surface area contributed by atoms with Gasteiger partial charge in [-0.15, -0.1) is 0 Å². The average molecular weight is 425 g/mol. The molecule has 2 amide bonds. The molecule has 4 rings (SSSR count). The predicted molar refractivity (Wildman–Crippen MR) is 126 cm³/mol. The topological polar surface area (TPSA) is 87.4 Å². The third-order valence-corrected chi connectivity index (χ3v) is 6.94. The van der Waals surface area contributed by atoms with E-state index >= 15 is 0 Å². The van der Waals surface area contributed by atoms with Crippen molar-refractivity contribution in [3.63, 3.8) is 0 Å². The number of carbonyl (C=O) groups is 1. The van der Waals surface area contributed by atoms with Gasteiger partial charge in [0.25, 0.3) is 0 Å². The van der Waals surface area contributed by atoms with E-state index in [1.807, 2.05) is 42.1 Å². The van der Waals surface area contributed by atoms with Crippen molar-refractivity contribution < 1.29 is 4.79 Å². The van der Waals surface area contributed by atoms with Gasteiger partial charge in [0.1, 0.15) is 5.82 Å². The molecule has 7 nitrogen and oxygen atoms in total. The van der Waals surface area contributed by atoms with E-state index in [1.165, 1.54) is 19.3 Å². The number of carbonyl (C=O) groups excluding carboxylic acids is 1. The second-order valence-corrected chi connectivity index (χ2v) is 9.43. The van der Waals surface area contributed by atoms with Crippen molar-refractivity contribution in [3.8, 4) is 0 Å². The van der Waals surface area contributed by atoms with Gasteiger partial charge in [0.05, 0.1) is 5.52 Å². The molecule has 0 spiro atoms. The summed E-state index contributed by atoms with van der Waals surface area (Å²) in [7, 11) is 4.03. The Morgan fingerprint density at radius 2 is 1.74 bits per heavy atom. The van der Waals surface area contributed by atoms with Gasteiger partial charge >= 0.3 is 6.03 Å². The number of rotatable bonds is 6. The molecule has 2 saturated carbocycles. The molecule has 7 heteroatoms. The number of hydrogen-bond donors (Lipinski definition) is 2. The Morgan fingerprint density at radius 3 is 2.42 bits per heavy atom. The summed E-state index contributed by atoms with van der Waals surface area (Å²) < 4.78 is 0. The molecule has 0 aliphatic heterocycles. The lowest BCUT2D eigenvalue weighted by atomic mass is 9.85. The summed E-state index contributed by atoms with van der Waals surface area (Å²) in [4.78, 5) is 25.6. The molecule has 0 radical (unpaired) electrons. The van der Waals surface area contributed by atoms with Gasteiger partial charge < -0.3 is 20.9 Å². The second-order valence-electron chi connectivity index (χ2n) is 9.43. The lowest BCUT2D eigenvalue weighted by Gasteiger charge is -2.37. The molecule has 1 aromatic heterocycles. The molecular weight excluding hydrogens is 388 g/mol. The van der Waals surface area contributed by atoms with E-state index in [9.17, 15) is 4.79 Å². The molecule has 3 N–H and O–H groups in total. The molecule has 0 bridgehead atoms. The molecule has 2 aromatic rings. The molecule has 1 heterocycles. The summed E-state index contributed by atoms with van der Waals surface area (Å²) in [5, 5.41) is 4.64. The highest BCUT2D eigenvalue weighted by atomic mass is 16.2. The molecule has 0 unspecified atom stereocenters. The predicted octanol–water partition coefficient (Wildman–Crippen LogP) is 4.38. The van der Waals surface area contributed by atoms with Crippen LogP contribution in [0.4, 0.5) is 16.6 Å². The fourth-order valence-electron chi connectivity index (χ4n) is 5.23. The lowest BCUT2D eigenvalue weighted by Crippen LogP contribution is -2.47. The standard InChI is InChI=1S/C24H36N6O/c1-29(2)22-20-10-6-7-11-21(20)27-24(28-22)26-18-14-12-17(13-15-18)16-30(23(25)31)19-8-4-3-5-9-19/h6-7,10-11,17-19H,3-5,8-9,12-16H2,1-2H3,(H2,25,31)(H,26,27,28). The normalized spacial score (nSPS) is 22.3. The van der Waals surface area contributed by atoms with Gasteiger partial charge in [0.15, 0.2) is 0 Å². The van der Waals surface area contributed by atoms with E-state index in [0.29, 0.717) is 23.9 Å². The first-order chi connectivity index (χ1) is 15.0. The van der Waals surface area contributed by atoms with Crippen LogP contribution < -0.4 is 16.0 Å². The largest absolute Gasteiger partial charge is 0.362 e. The Hall–Kier alpha value is -2.57. The molecule has 168 valence electrons. The van der Waals surface area contributed by atoms with Crippen LogP contribution in [0.3, 0.4) is 0 Å². The summed E-state index contributed by atoms with van der Waals surface area (Å²) >= 11 is 0. The van der Waals surface area contributed by atoms with E-state index in [0.717, 1.165) is 61.8 Å². The van der Waals surface area contributed by atoms with E-state index < -0.39 is 0 Å². The van der Waals surface area contributed by atoms with Gasteiger partial charge in [0.2, 0.25) is 5.95 Å². The first kappa shape index (κ1) is 21.7. The van der Waals surface area contributed by atoms with Crippen molar-refractivity contribution >= 4 is 28.7 Å². The second kappa shape index (κ2) is 9.71. The minimum atomic E-state index is -0.243. The lowest BCUT2D eigenvalue weighted by molar-refractivity contribution is 0.138. The highest BCUT2D eigenvalue weighted by Gasteiger charge is 2.29. The molecule has 1 aromatic carbocycles. The first-order valence-electron chi connectivity index (χ1n) is 11.8. The van der Waals surface area contributed by atoms with E-state index in [1.54, 1.807) is 0 Å². The van der Waals surface area contributed by atoms with Crippen molar-refractivity contribution in [2.75, 3.05) is 30.9 Å². The van der Waals surface area contributed by atoms with Gasteiger partial charge in [-0.1, -0.05) is 31.4 Å². The number of nitrogens with one attached hydrogen (secondary N) is 1. The number of nitrogens with two attached hydrogens (primary N) is 1. The van der Waals surface area contributed by atoms with Crippen LogP contribution in [0.15, 0.2) is 24.3 Å². The fraction of sp³-hybridized carbons (Fsp3) is 0.625. The van der Waals surface area contributed by atoms with Crippen LogP contribution >= 0.6 is 0 Å². The van der Waals surface area contributed by atoms with Crippen LogP contribution in [-0.2, 0) is 0 Å². The van der Waals surface area contributed by atoms with E-state index in [-0.39, 0.29) is 6.03 Å². The number of amides is 2. The number of aromatic nitrogens is 2. The van der Waals surface area contributed by atoms with Crippen molar-refractivity contribution in [3.05, 3.63) is 24.3 Å². The van der Waals surface area contributed by atoms with Crippen molar-refractivity contribution in [2.45, 2.75) is 69.9 Å². The van der Waals surface area contributed by atoms with Crippen LogP contribution in [0, 0.1) is 5.92 Å². The van der Waals surface area contributed by atoms with E-state index in [2.05, 4.69) is 11.4 Å². The van der Waals surface area contributed by atoms with E-state index in [4.69, 9.17) is 15.7 Å². The maximum absolute atomic E-state index is 12.1. The Bertz CT molecular complexity index is 887. The summed E-state index contributed by atoms with van der Waals surface area (Å²) in [6, 6.07) is 8.61. The number of urea groups is 1. The zero-order valence-electron chi connectivity index (χ0n) is 18.9. The number of benzene rings is 1. The smallest absolute Gasteiger partial charge is 0.315 e. The molecule has 0 atom stereocenters.